The van der Waals surface area contributed by atoms with Gasteiger partial charge in [0, 0.05) is 0 Å². The van der Waals surface area contributed by atoms with Gasteiger partial charge in [0.1, 0.15) is 11.9 Å². The van der Waals surface area contributed by atoms with Gasteiger partial charge in [-0.15, -0.1) is 0 Å². The second-order valence-corrected chi connectivity index (χ2v) is 3.87. The van der Waals surface area contributed by atoms with Gasteiger partial charge in [-0.05, 0) is 25.0 Å². The van der Waals surface area contributed by atoms with Crippen molar-refractivity contribution in [3.05, 3.63) is 30.3 Å². The minimum atomic E-state index is -0.421. The van der Waals surface area contributed by atoms with Crippen molar-refractivity contribution in [1.29, 1.82) is 0 Å². The highest BCUT2D eigenvalue weighted by Crippen LogP contribution is 2.15. The molecule has 0 aliphatic heterocycles. The Morgan fingerprint density at radius 1 is 1.07 bits per heavy atom. The SMILES string of the molecule is CC(C)[C@@H](O)C(C)Oc1ccccc1. The molecule has 0 spiro atoms. The maximum Gasteiger partial charge on any atom is 0.122 e. The van der Waals surface area contributed by atoms with Crippen LogP contribution >= 0.6 is 0 Å². The summed E-state index contributed by atoms with van der Waals surface area (Å²) in [5, 5.41) is 9.73. The number of para-hydroxylation sites is 1. The summed E-state index contributed by atoms with van der Waals surface area (Å²) >= 11 is 0. The predicted octanol–water partition coefficient (Wildman–Crippen LogP) is 2.47. The Morgan fingerprint density at radius 3 is 2.14 bits per heavy atom. The molecule has 0 aliphatic rings. The molecule has 0 heterocycles. The Labute approximate surface area is 85.5 Å². The van der Waals surface area contributed by atoms with Crippen LogP contribution < -0.4 is 4.74 Å². The lowest BCUT2D eigenvalue weighted by Crippen LogP contribution is -2.32. The highest BCUT2D eigenvalue weighted by molar-refractivity contribution is 5.21. The van der Waals surface area contributed by atoms with Gasteiger partial charge in [-0.2, -0.15) is 0 Å². The topological polar surface area (TPSA) is 29.5 Å². The first-order valence-electron chi connectivity index (χ1n) is 5.01. The Kier molecular flexibility index (Phi) is 3.96. The molecular weight excluding hydrogens is 176 g/mol. The fourth-order valence-corrected chi connectivity index (χ4v) is 1.33. The highest BCUT2D eigenvalue weighted by Gasteiger charge is 2.18. The summed E-state index contributed by atoms with van der Waals surface area (Å²) in [7, 11) is 0. The van der Waals surface area contributed by atoms with E-state index < -0.39 is 6.10 Å². The second kappa shape index (κ2) is 5.01. The number of benzene rings is 1. The molecule has 1 rings (SSSR count). The van der Waals surface area contributed by atoms with Crippen molar-refractivity contribution in [3.63, 3.8) is 0 Å². The molecule has 0 amide bonds. The van der Waals surface area contributed by atoms with E-state index in [1.54, 1.807) is 0 Å². The Balaban J connectivity index is 2.53. The molecule has 0 saturated carbocycles. The van der Waals surface area contributed by atoms with Crippen LogP contribution in [0.5, 0.6) is 5.75 Å². The van der Waals surface area contributed by atoms with Crippen LogP contribution in [0.25, 0.3) is 0 Å². The van der Waals surface area contributed by atoms with Crippen LogP contribution in [0, 0.1) is 5.92 Å². The molecule has 0 saturated heterocycles. The zero-order valence-electron chi connectivity index (χ0n) is 8.97. The molecule has 1 aromatic rings. The van der Waals surface area contributed by atoms with E-state index in [0.29, 0.717) is 0 Å². The van der Waals surface area contributed by atoms with Crippen LogP contribution in [0.1, 0.15) is 20.8 Å². The number of aliphatic hydroxyl groups excluding tert-OH is 1. The van der Waals surface area contributed by atoms with E-state index in [4.69, 9.17) is 4.74 Å². The summed E-state index contributed by atoms with van der Waals surface area (Å²) in [6.45, 7) is 5.85. The van der Waals surface area contributed by atoms with Gasteiger partial charge in [0.15, 0.2) is 0 Å². The lowest BCUT2D eigenvalue weighted by atomic mass is 10.0. The molecular formula is C12H18O2. The van der Waals surface area contributed by atoms with Gasteiger partial charge in [-0.3, -0.25) is 0 Å². The minimum Gasteiger partial charge on any atom is -0.488 e. The number of ether oxygens (including phenoxy) is 1. The number of rotatable bonds is 4. The molecule has 1 unspecified atom stereocenters. The molecule has 1 N–H and O–H groups in total. The van der Waals surface area contributed by atoms with Gasteiger partial charge in [-0.1, -0.05) is 32.0 Å². The molecule has 0 aliphatic carbocycles. The maximum absolute atomic E-state index is 9.73. The number of hydrogen-bond donors (Lipinski definition) is 1. The van der Waals surface area contributed by atoms with E-state index in [2.05, 4.69) is 0 Å². The summed E-state index contributed by atoms with van der Waals surface area (Å²) < 4.78 is 5.59. The van der Waals surface area contributed by atoms with Crippen molar-refractivity contribution in [2.75, 3.05) is 0 Å². The second-order valence-electron chi connectivity index (χ2n) is 3.87. The summed E-state index contributed by atoms with van der Waals surface area (Å²) in [6, 6.07) is 9.57. The molecule has 2 heteroatoms. The van der Waals surface area contributed by atoms with Crippen molar-refractivity contribution >= 4 is 0 Å². The third-order valence-electron chi connectivity index (χ3n) is 2.23. The van der Waals surface area contributed by atoms with E-state index in [1.807, 2.05) is 51.1 Å². The number of hydrogen-bond acceptors (Lipinski definition) is 2. The van der Waals surface area contributed by atoms with Crippen LogP contribution in [-0.4, -0.2) is 17.3 Å². The lowest BCUT2D eigenvalue weighted by molar-refractivity contribution is 0.0168. The Hall–Kier alpha value is -1.02. The number of aliphatic hydroxyl groups is 1. The summed E-state index contributed by atoms with van der Waals surface area (Å²) in [5.74, 6) is 1.02. The summed E-state index contributed by atoms with van der Waals surface area (Å²) in [5.41, 5.74) is 0. The van der Waals surface area contributed by atoms with Crippen molar-refractivity contribution in [3.8, 4) is 5.75 Å². The fraction of sp³-hybridized carbons (Fsp3) is 0.500. The molecule has 2 nitrogen and oxygen atoms in total. The highest BCUT2D eigenvalue weighted by atomic mass is 16.5. The Morgan fingerprint density at radius 2 is 1.64 bits per heavy atom. The first-order valence-corrected chi connectivity index (χ1v) is 5.01. The maximum atomic E-state index is 9.73. The molecule has 78 valence electrons. The average Bonchev–Trinajstić information content (AvgIpc) is 2.18. The van der Waals surface area contributed by atoms with Gasteiger partial charge in [0.05, 0.1) is 6.10 Å². The molecule has 0 bridgehead atoms. The van der Waals surface area contributed by atoms with Gasteiger partial charge in [-0.25, -0.2) is 0 Å². The smallest absolute Gasteiger partial charge is 0.122 e. The van der Waals surface area contributed by atoms with E-state index >= 15 is 0 Å². The fourth-order valence-electron chi connectivity index (χ4n) is 1.33. The Bertz CT molecular complexity index is 256. The van der Waals surface area contributed by atoms with Crippen molar-refractivity contribution < 1.29 is 9.84 Å². The van der Waals surface area contributed by atoms with E-state index in [-0.39, 0.29) is 12.0 Å². The molecule has 1 aromatic carbocycles. The average molecular weight is 194 g/mol. The third-order valence-corrected chi connectivity index (χ3v) is 2.23. The molecule has 0 radical (unpaired) electrons. The zero-order valence-corrected chi connectivity index (χ0v) is 8.97. The lowest BCUT2D eigenvalue weighted by Gasteiger charge is -2.23. The first-order chi connectivity index (χ1) is 6.61. The van der Waals surface area contributed by atoms with Gasteiger partial charge in [0.2, 0.25) is 0 Å². The monoisotopic (exact) mass is 194 g/mol. The van der Waals surface area contributed by atoms with Crippen LogP contribution in [0.3, 0.4) is 0 Å². The quantitative estimate of drug-likeness (QED) is 0.797. The van der Waals surface area contributed by atoms with Gasteiger partial charge >= 0.3 is 0 Å². The van der Waals surface area contributed by atoms with Gasteiger partial charge in [0.25, 0.3) is 0 Å². The molecule has 2 atom stereocenters. The third kappa shape index (κ3) is 3.04. The standard InChI is InChI=1S/C12H18O2/c1-9(2)12(13)10(3)14-11-7-5-4-6-8-11/h4-10,12-13H,1-3H3/t10?,12-/m1/s1. The molecule has 0 aromatic heterocycles. The normalized spacial score (nSPS) is 15.2. The van der Waals surface area contributed by atoms with E-state index in [1.165, 1.54) is 0 Å². The van der Waals surface area contributed by atoms with E-state index in [9.17, 15) is 5.11 Å². The molecule has 14 heavy (non-hydrogen) atoms. The van der Waals surface area contributed by atoms with Crippen LogP contribution in [-0.2, 0) is 0 Å². The van der Waals surface area contributed by atoms with Crippen LogP contribution in [0.2, 0.25) is 0 Å². The summed E-state index contributed by atoms with van der Waals surface area (Å²) in [4.78, 5) is 0. The van der Waals surface area contributed by atoms with E-state index in [0.717, 1.165) is 5.75 Å². The predicted molar refractivity (Wildman–Crippen MR) is 57.4 cm³/mol. The molecule has 0 fully saturated rings. The van der Waals surface area contributed by atoms with Crippen LogP contribution in [0.4, 0.5) is 0 Å². The summed E-state index contributed by atoms with van der Waals surface area (Å²) in [6.07, 6.45) is -0.590. The largest absolute Gasteiger partial charge is 0.488 e. The van der Waals surface area contributed by atoms with Gasteiger partial charge < -0.3 is 9.84 Å². The zero-order chi connectivity index (χ0) is 10.6. The first kappa shape index (κ1) is 11.1. The van der Waals surface area contributed by atoms with Crippen LogP contribution in [0.15, 0.2) is 30.3 Å². The minimum absolute atomic E-state index is 0.169. The van der Waals surface area contributed by atoms with Crippen molar-refractivity contribution in [2.24, 2.45) is 5.92 Å². The van der Waals surface area contributed by atoms with Crippen molar-refractivity contribution in [2.45, 2.75) is 33.0 Å². The van der Waals surface area contributed by atoms with Crippen molar-refractivity contribution in [1.82, 2.24) is 0 Å².